The van der Waals surface area contributed by atoms with Crippen LogP contribution in [0.15, 0.2) is 47.4 Å². The minimum Gasteiger partial charge on any atom is -0.381 e. The highest BCUT2D eigenvalue weighted by atomic mass is 35.5. The van der Waals surface area contributed by atoms with Crippen molar-refractivity contribution in [3.8, 4) is 0 Å². The molecule has 8 heteroatoms. The Balaban J connectivity index is 1.79. The molecule has 0 unspecified atom stereocenters. The molecule has 5 nitrogen and oxygen atoms in total. The number of halogens is 2. The summed E-state index contributed by atoms with van der Waals surface area (Å²) in [5, 5.41) is 0.438. The molecule has 1 saturated heterocycles. The summed E-state index contributed by atoms with van der Waals surface area (Å²) in [6.45, 7) is 6.10. The van der Waals surface area contributed by atoms with Gasteiger partial charge in [-0.15, -0.1) is 0 Å². The summed E-state index contributed by atoms with van der Waals surface area (Å²) >= 11 is 5.96. The molecule has 33 heavy (non-hydrogen) atoms. The molecule has 0 N–H and O–H groups in total. The number of hydrogen-bond acceptors (Lipinski definition) is 4. The van der Waals surface area contributed by atoms with Crippen molar-refractivity contribution in [1.82, 2.24) is 0 Å². The number of rotatable bonds is 6. The van der Waals surface area contributed by atoms with Crippen molar-refractivity contribution in [2.45, 2.75) is 62.1 Å². The molecule has 2 aliphatic rings. The maximum Gasteiger partial charge on any atom is 0.233 e. The summed E-state index contributed by atoms with van der Waals surface area (Å²) in [4.78, 5) is 14.7. The summed E-state index contributed by atoms with van der Waals surface area (Å²) < 4.78 is 47.3. The van der Waals surface area contributed by atoms with Crippen LogP contribution in [0.25, 0.3) is 0 Å². The Morgan fingerprint density at radius 3 is 2.18 bits per heavy atom. The van der Waals surface area contributed by atoms with E-state index in [0.29, 0.717) is 10.6 Å². The number of carbonyl (C=O) groups excluding carboxylic acids is 1. The normalized spacial score (nSPS) is 19.3. The van der Waals surface area contributed by atoms with Gasteiger partial charge in [0.2, 0.25) is 5.91 Å². The van der Waals surface area contributed by atoms with E-state index in [4.69, 9.17) is 16.3 Å². The molecule has 0 aromatic heterocycles. The van der Waals surface area contributed by atoms with Crippen molar-refractivity contribution >= 4 is 33.0 Å². The van der Waals surface area contributed by atoms with Gasteiger partial charge >= 0.3 is 0 Å². The number of ether oxygens (including phenoxy) is 1. The van der Waals surface area contributed by atoms with E-state index < -0.39 is 25.8 Å². The van der Waals surface area contributed by atoms with Crippen molar-refractivity contribution in [2.75, 3.05) is 18.1 Å². The summed E-state index contributed by atoms with van der Waals surface area (Å²) in [5.41, 5.74) is 0.101. The zero-order chi connectivity index (χ0) is 24.0. The second-order valence-electron chi connectivity index (χ2n) is 9.56. The van der Waals surface area contributed by atoms with Crippen LogP contribution in [0.2, 0.25) is 5.02 Å². The first-order valence-corrected chi connectivity index (χ1v) is 13.1. The zero-order valence-corrected chi connectivity index (χ0v) is 20.7. The third-order valence-electron chi connectivity index (χ3n) is 6.92. The Kier molecular flexibility index (Phi) is 6.35. The molecule has 2 fully saturated rings. The first kappa shape index (κ1) is 24.2. The molecule has 2 aromatic carbocycles. The Morgan fingerprint density at radius 1 is 1.06 bits per heavy atom. The third-order valence-corrected chi connectivity index (χ3v) is 9.74. The lowest BCUT2D eigenvalue weighted by Crippen LogP contribution is -2.43. The van der Waals surface area contributed by atoms with E-state index in [2.05, 4.69) is 0 Å². The predicted octanol–water partition coefficient (Wildman–Crippen LogP) is 5.50. The highest BCUT2D eigenvalue weighted by Crippen LogP contribution is 2.48. The van der Waals surface area contributed by atoms with Gasteiger partial charge in [0, 0.05) is 29.7 Å². The number of benzene rings is 2. The van der Waals surface area contributed by atoms with Crippen molar-refractivity contribution < 1.29 is 22.3 Å². The molecule has 178 valence electrons. The van der Waals surface area contributed by atoms with Crippen LogP contribution in [0.5, 0.6) is 0 Å². The summed E-state index contributed by atoms with van der Waals surface area (Å²) in [5.74, 6) is -0.699. The fraction of sp³-hybridized carbons (Fsp3) is 0.480. The smallest absolute Gasteiger partial charge is 0.233 e. The second-order valence-corrected chi connectivity index (χ2v) is 12.3. The van der Waals surface area contributed by atoms with Crippen molar-refractivity contribution in [1.29, 1.82) is 0 Å². The highest BCUT2D eigenvalue weighted by molar-refractivity contribution is 7.92. The molecule has 0 radical (unpaired) electrons. The monoisotopic (exact) mass is 493 g/mol. The van der Waals surface area contributed by atoms with Gasteiger partial charge < -0.3 is 9.64 Å². The van der Waals surface area contributed by atoms with Crippen LogP contribution in [-0.4, -0.2) is 33.6 Å². The van der Waals surface area contributed by atoms with E-state index >= 15 is 4.39 Å². The van der Waals surface area contributed by atoms with Gasteiger partial charge in [-0.1, -0.05) is 24.6 Å². The van der Waals surface area contributed by atoms with Gasteiger partial charge in [0.25, 0.3) is 0 Å². The number of carbonyl (C=O) groups is 1. The minimum absolute atomic E-state index is 0.0984. The quantitative estimate of drug-likeness (QED) is 0.533. The standard InChI is InChI=1S/C25H29ClFNO4S/c1-17(2)28(23(29)24(3)10-11-24)22-9-4-18(16-21(22)27)25(12-14-32-15-13-25)33(30,31)20-7-5-19(26)6-8-20/h4-9,16-17H,10-15H2,1-3H3. The Labute approximate surface area is 199 Å². The summed E-state index contributed by atoms with van der Waals surface area (Å²) in [7, 11) is -3.88. The van der Waals surface area contributed by atoms with Crippen molar-refractivity contribution in [3.05, 3.63) is 58.9 Å². The van der Waals surface area contributed by atoms with E-state index in [0.717, 1.165) is 12.8 Å². The molecule has 1 heterocycles. The fourth-order valence-corrected chi connectivity index (χ4v) is 6.77. The van der Waals surface area contributed by atoms with Gasteiger partial charge in [-0.3, -0.25) is 4.79 Å². The molecular formula is C25H29ClFNO4S. The van der Waals surface area contributed by atoms with E-state index in [1.165, 1.54) is 35.2 Å². The lowest BCUT2D eigenvalue weighted by atomic mass is 9.90. The lowest BCUT2D eigenvalue weighted by Gasteiger charge is -2.37. The molecule has 0 atom stereocenters. The average molecular weight is 494 g/mol. The largest absolute Gasteiger partial charge is 0.381 e. The lowest BCUT2D eigenvalue weighted by molar-refractivity contribution is -0.123. The van der Waals surface area contributed by atoms with Crippen LogP contribution >= 0.6 is 11.6 Å². The van der Waals surface area contributed by atoms with E-state index in [1.807, 2.05) is 20.8 Å². The van der Waals surface area contributed by atoms with Gasteiger partial charge in [0.15, 0.2) is 9.84 Å². The van der Waals surface area contributed by atoms with Crippen LogP contribution in [0.1, 0.15) is 52.0 Å². The van der Waals surface area contributed by atoms with E-state index in [1.54, 1.807) is 12.1 Å². The molecule has 0 spiro atoms. The van der Waals surface area contributed by atoms with E-state index in [9.17, 15) is 13.2 Å². The van der Waals surface area contributed by atoms with Gasteiger partial charge in [0.05, 0.1) is 10.6 Å². The Bertz CT molecular complexity index is 1150. The molecule has 4 rings (SSSR count). The first-order chi connectivity index (χ1) is 15.5. The van der Waals surface area contributed by atoms with Crippen LogP contribution in [-0.2, 0) is 24.1 Å². The zero-order valence-electron chi connectivity index (χ0n) is 19.1. The average Bonchev–Trinajstić information content (AvgIpc) is 3.54. The second kappa shape index (κ2) is 8.67. The Hall–Kier alpha value is -1.96. The number of sulfone groups is 1. The predicted molar refractivity (Wildman–Crippen MR) is 127 cm³/mol. The summed E-state index contributed by atoms with van der Waals surface area (Å²) in [6.07, 6.45) is 2.00. The van der Waals surface area contributed by atoms with Gasteiger partial charge in [0.1, 0.15) is 10.6 Å². The third kappa shape index (κ3) is 4.19. The van der Waals surface area contributed by atoms with Crippen LogP contribution < -0.4 is 4.90 Å². The summed E-state index contributed by atoms with van der Waals surface area (Å²) in [6, 6.07) is 10.3. The molecule has 2 aromatic rings. The molecule has 0 bridgehead atoms. The van der Waals surface area contributed by atoms with Crippen LogP contribution in [0, 0.1) is 11.2 Å². The van der Waals surface area contributed by atoms with Gasteiger partial charge in [-0.25, -0.2) is 12.8 Å². The topological polar surface area (TPSA) is 63.7 Å². The fourth-order valence-electron chi connectivity index (χ4n) is 4.55. The van der Waals surface area contributed by atoms with E-state index in [-0.39, 0.29) is 48.6 Å². The molecule has 1 amide bonds. The Morgan fingerprint density at radius 2 is 1.67 bits per heavy atom. The minimum atomic E-state index is -3.88. The maximum absolute atomic E-state index is 15.6. The molecular weight excluding hydrogens is 465 g/mol. The number of nitrogens with zero attached hydrogens (tertiary/aromatic N) is 1. The maximum atomic E-state index is 15.6. The number of anilines is 1. The van der Waals surface area contributed by atoms with Gasteiger partial charge in [-0.05, 0) is 81.5 Å². The molecule has 1 saturated carbocycles. The van der Waals surface area contributed by atoms with Crippen LogP contribution in [0.4, 0.5) is 10.1 Å². The highest BCUT2D eigenvalue weighted by Gasteiger charge is 2.50. The molecule has 1 aliphatic carbocycles. The number of hydrogen-bond donors (Lipinski definition) is 0. The SMILES string of the molecule is CC(C)N(C(=O)C1(C)CC1)c1ccc(C2(S(=O)(=O)c3ccc(Cl)cc3)CCOCC2)cc1F. The molecule has 1 aliphatic heterocycles. The first-order valence-electron chi connectivity index (χ1n) is 11.2. The van der Waals surface area contributed by atoms with Crippen molar-refractivity contribution in [3.63, 3.8) is 0 Å². The van der Waals surface area contributed by atoms with Crippen molar-refractivity contribution in [2.24, 2.45) is 5.41 Å². The van der Waals surface area contributed by atoms with Gasteiger partial charge in [-0.2, -0.15) is 0 Å². The van der Waals surface area contributed by atoms with Crippen LogP contribution in [0.3, 0.4) is 0 Å². The number of amides is 1.